The van der Waals surface area contributed by atoms with Gasteiger partial charge in [-0.05, 0) is 104 Å². The number of rotatable bonds is 1. The van der Waals surface area contributed by atoms with Crippen LogP contribution in [-0.2, 0) is 11.2 Å². The fourth-order valence-corrected chi connectivity index (χ4v) is 7.73. The summed E-state index contributed by atoms with van der Waals surface area (Å²) in [5.74, 6) is 4.10. The zero-order valence-corrected chi connectivity index (χ0v) is 20.4. The van der Waals surface area contributed by atoms with Crippen LogP contribution >= 0.6 is 0 Å². The molecule has 0 radical (unpaired) electrons. The van der Waals surface area contributed by atoms with Gasteiger partial charge in [-0.1, -0.05) is 24.6 Å². The first kappa shape index (κ1) is 22.5. The molecule has 0 saturated heterocycles. The number of ketones is 1. The third-order valence-corrected chi connectivity index (χ3v) is 9.32. The summed E-state index contributed by atoms with van der Waals surface area (Å²) in [6.07, 6.45) is 14.4. The average molecular weight is 444 g/mol. The van der Waals surface area contributed by atoms with Gasteiger partial charge in [0, 0.05) is 31.6 Å². The van der Waals surface area contributed by atoms with Gasteiger partial charge in [-0.2, -0.15) is 0 Å². The molecule has 1 aliphatic heterocycles. The third-order valence-electron chi connectivity index (χ3n) is 9.32. The van der Waals surface area contributed by atoms with E-state index in [0.717, 1.165) is 51.5 Å². The highest BCUT2D eigenvalue weighted by molar-refractivity contribution is 5.93. The van der Waals surface area contributed by atoms with Crippen molar-refractivity contribution in [3.05, 3.63) is 52.1 Å². The molecular weight excluding hydrogens is 406 g/mol. The average Bonchev–Trinajstić information content (AvgIpc) is 3.32. The minimum Gasteiger partial charge on any atom is -0.393 e. The van der Waals surface area contributed by atoms with Crippen LogP contribution in [0.5, 0.6) is 0 Å². The molecule has 1 heterocycles. The first-order chi connectivity index (χ1) is 15.9. The molecule has 0 spiro atoms. The lowest BCUT2D eigenvalue weighted by atomic mass is 9.53. The van der Waals surface area contributed by atoms with Crippen molar-refractivity contribution >= 4 is 11.5 Å². The Hall–Kier alpha value is -2.31. The molecule has 6 rings (SSSR count). The smallest absolute Gasteiger partial charge is 0.156 e. The van der Waals surface area contributed by atoms with Gasteiger partial charge in [0.15, 0.2) is 5.78 Å². The van der Waals surface area contributed by atoms with E-state index in [1.165, 1.54) is 28.0 Å². The van der Waals surface area contributed by atoms with Crippen LogP contribution in [0.15, 0.2) is 41.0 Å². The second kappa shape index (κ2) is 8.48. The lowest BCUT2D eigenvalue weighted by molar-refractivity contribution is -0.114. The largest absolute Gasteiger partial charge is 0.393 e. The molecule has 1 aromatic carbocycles. The highest BCUT2D eigenvalue weighted by Gasteiger charge is 2.56. The van der Waals surface area contributed by atoms with Crippen LogP contribution in [0.25, 0.3) is 0 Å². The van der Waals surface area contributed by atoms with Crippen LogP contribution in [0.4, 0.5) is 5.69 Å². The first-order valence-corrected chi connectivity index (χ1v) is 12.7. The molecule has 4 aliphatic carbocycles. The number of nitrogens with zero attached hydrogens (tertiary/aromatic N) is 1. The van der Waals surface area contributed by atoms with Crippen LogP contribution in [0.2, 0.25) is 0 Å². The molecule has 174 valence electrons. The second-order valence-corrected chi connectivity index (χ2v) is 11.0. The Balaban J connectivity index is 0.000000724. The summed E-state index contributed by atoms with van der Waals surface area (Å²) in [7, 11) is 2.19. The number of terminal acetylenes is 1. The topological polar surface area (TPSA) is 40.5 Å². The number of aliphatic hydroxyl groups excluding tert-OH is 1. The monoisotopic (exact) mass is 443 g/mol. The third kappa shape index (κ3) is 3.58. The maximum absolute atomic E-state index is 12.1. The van der Waals surface area contributed by atoms with Crippen LogP contribution in [-0.4, -0.2) is 30.6 Å². The summed E-state index contributed by atoms with van der Waals surface area (Å²) in [6, 6.07) is 7.14. The molecule has 5 aliphatic rings. The highest BCUT2D eigenvalue weighted by Crippen LogP contribution is 2.63. The number of carbonyl (C=O) groups is 1. The SMILES string of the molecule is C#CC.CN1CCc2cc(C3CC4(C)C(O)CCC4C4CCC5=CC(=O)CCC5=C34)ccc21. The van der Waals surface area contributed by atoms with Crippen LogP contribution in [0.3, 0.4) is 0 Å². The van der Waals surface area contributed by atoms with Crippen LogP contribution < -0.4 is 4.90 Å². The van der Waals surface area contributed by atoms with Gasteiger partial charge in [0.25, 0.3) is 0 Å². The number of hydrogen-bond acceptors (Lipinski definition) is 3. The molecule has 5 atom stereocenters. The standard InChI is InChI=1S/C27H33NO2.C3H4/c1-27-15-22(16-4-9-24-18(13-16)11-12-28(24)2)26-20-7-5-19(29)14-17(20)3-6-21(26)23(27)8-10-25(27)30;1-3-2/h4,9,13-14,21-23,25,30H,3,5-8,10-12,15H2,1-2H3;1H,2H3. The Morgan fingerprint density at radius 3 is 2.73 bits per heavy atom. The quantitative estimate of drug-likeness (QED) is 0.576. The maximum atomic E-state index is 12.1. The molecule has 0 amide bonds. The molecule has 3 heteroatoms. The molecule has 2 fully saturated rings. The number of anilines is 1. The van der Waals surface area contributed by atoms with Crippen molar-refractivity contribution in [2.45, 2.75) is 77.2 Å². The molecule has 0 bridgehead atoms. The van der Waals surface area contributed by atoms with Crippen molar-refractivity contribution in [2.75, 3.05) is 18.5 Å². The van der Waals surface area contributed by atoms with E-state index in [1.807, 2.05) is 6.08 Å². The molecule has 5 unspecified atom stereocenters. The zero-order chi connectivity index (χ0) is 23.3. The minimum absolute atomic E-state index is 0.0148. The van der Waals surface area contributed by atoms with Crippen molar-refractivity contribution in [1.29, 1.82) is 0 Å². The number of carbonyl (C=O) groups excluding carboxylic acids is 1. The number of benzene rings is 1. The second-order valence-electron chi connectivity index (χ2n) is 11.0. The predicted octanol–water partition coefficient (Wildman–Crippen LogP) is 5.58. The molecular formula is C30H37NO2. The van der Waals surface area contributed by atoms with E-state index in [1.54, 1.807) is 12.5 Å². The zero-order valence-electron chi connectivity index (χ0n) is 20.4. The van der Waals surface area contributed by atoms with Crippen molar-refractivity contribution in [3.8, 4) is 12.3 Å². The van der Waals surface area contributed by atoms with Crippen molar-refractivity contribution in [2.24, 2.45) is 17.3 Å². The van der Waals surface area contributed by atoms with Crippen LogP contribution in [0.1, 0.15) is 75.8 Å². The number of fused-ring (bicyclic) bond motifs is 5. The van der Waals surface area contributed by atoms with Crippen molar-refractivity contribution in [3.63, 3.8) is 0 Å². The van der Waals surface area contributed by atoms with Gasteiger partial charge >= 0.3 is 0 Å². The van der Waals surface area contributed by atoms with E-state index in [4.69, 9.17) is 0 Å². The van der Waals surface area contributed by atoms with E-state index in [0.29, 0.717) is 30.0 Å². The fourth-order valence-electron chi connectivity index (χ4n) is 7.73. The van der Waals surface area contributed by atoms with Gasteiger partial charge in [-0.3, -0.25) is 4.79 Å². The number of aliphatic hydroxyl groups is 1. The number of hydrogen-bond donors (Lipinski definition) is 1. The normalized spacial score (nSPS) is 34.3. The van der Waals surface area contributed by atoms with Gasteiger partial charge in [-0.15, -0.1) is 12.3 Å². The lowest BCUT2D eigenvalue weighted by Gasteiger charge is -2.52. The molecule has 2 saturated carbocycles. The maximum Gasteiger partial charge on any atom is 0.156 e. The fraction of sp³-hybridized carbons (Fsp3) is 0.567. The molecule has 3 nitrogen and oxygen atoms in total. The summed E-state index contributed by atoms with van der Waals surface area (Å²) in [4.78, 5) is 14.5. The van der Waals surface area contributed by atoms with Crippen LogP contribution in [0, 0.1) is 29.6 Å². The molecule has 1 N–H and O–H groups in total. The van der Waals surface area contributed by atoms with Crippen molar-refractivity contribution in [1.82, 2.24) is 0 Å². The molecule has 1 aromatic rings. The highest BCUT2D eigenvalue weighted by atomic mass is 16.3. The summed E-state index contributed by atoms with van der Waals surface area (Å²) in [6.45, 7) is 5.12. The Bertz CT molecular complexity index is 1070. The summed E-state index contributed by atoms with van der Waals surface area (Å²) in [5.41, 5.74) is 8.78. The van der Waals surface area contributed by atoms with Gasteiger partial charge in [0.2, 0.25) is 0 Å². The van der Waals surface area contributed by atoms with E-state index < -0.39 is 0 Å². The Labute approximate surface area is 199 Å². The predicted molar refractivity (Wildman–Crippen MR) is 134 cm³/mol. The van der Waals surface area contributed by atoms with E-state index in [-0.39, 0.29) is 11.5 Å². The first-order valence-electron chi connectivity index (χ1n) is 12.7. The van der Waals surface area contributed by atoms with E-state index >= 15 is 0 Å². The molecule has 0 aromatic heterocycles. The number of likely N-dealkylation sites (N-methyl/N-ethyl adjacent to an activating group) is 1. The Morgan fingerprint density at radius 1 is 1.15 bits per heavy atom. The Kier molecular flexibility index (Phi) is 5.78. The van der Waals surface area contributed by atoms with E-state index in [2.05, 4.69) is 49.4 Å². The summed E-state index contributed by atoms with van der Waals surface area (Å²) < 4.78 is 0. The summed E-state index contributed by atoms with van der Waals surface area (Å²) in [5, 5.41) is 11.0. The number of allylic oxidation sites excluding steroid dienone is 4. The van der Waals surface area contributed by atoms with Gasteiger partial charge < -0.3 is 10.0 Å². The summed E-state index contributed by atoms with van der Waals surface area (Å²) >= 11 is 0. The molecule has 33 heavy (non-hydrogen) atoms. The Morgan fingerprint density at radius 2 is 1.94 bits per heavy atom. The van der Waals surface area contributed by atoms with Gasteiger partial charge in [-0.25, -0.2) is 0 Å². The lowest BCUT2D eigenvalue weighted by Crippen LogP contribution is -2.45. The van der Waals surface area contributed by atoms with Crippen molar-refractivity contribution < 1.29 is 9.90 Å². The van der Waals surface area contributed by atoms with E-state index in [9.17, 15) is 9.90 Å². The minimum atomic E-state index is -0.179. The van der Waals surface area contributed by atoms with Gasteiger partial charge in [0.05, 0.1) is 6.10 Å². The van der Waals surface area contributed by atoms with Gasteiger partial charge in [0.1, 0.15) is 0 Å².